The first-order valence-corrected chi connectivity index (χ1v) is 5.54. The number of azide groups is 1. The molecule has 0 aromatic heterocycles. The van der Waals surface area contributed by atoms with Crippen molar-refractivity contribution >= 4 is 14.3 Å². The molecule has 0 saturated carbocycles. The quantitative estimate of drug-likeness (QED) is 0.311. The molecule has 0 spiro atoms. The number of benzene rings is 1. The van der Waals surface area contributed by atoms with Crippen molar-refractivity contribution in [2.75, 3.05) is 0 Å². The maximum Gasteiger partial charge on any atom is 0.270 e. The van der Waals surface area contributed by atoms with Crippen LogP contribution >= 0.6 is 0 Å². The van der Waals surface area contributed by atoms with E-state index in [-0.39, 0.29) is 0 Å². The van der Waals surface area contributed by atoms with Crippen molar-refractivity contribution in [1.29, 1.82) is 0 Å². The number of rotatable bonds is 3. The van der Waals surface area contributed by atoms with Crippen LogP contribution in [0.25, 0.3) is 20.9 Å². The molecule has 0 radical (unpaired) electrons. The zero-order valence-corrected chi connectivity index (χ0v) is 8.72. The van der Waals surface area contributed by atoms with Crippen molar-refractivity contribution in [3.8, 4) is 0 Å². The van der Waals surface area contributed by atoms with Gasteiger partial charge >= 0.3 is 0 Å². The van der Waals surface area contributed by atoms with Crippen LogP contribution in [0, 0.1) is 6.92 Å². The SMILES string of the molecule is Cc1ccccc1[SiH](N=[N+]=[N-])N=[N+]=[N-]. The molecular weight excluding hydrogens is 196 g/mol. The number of aryl methyl sites for hydroxylation is 1. The normalized spacial score (nSPS) is 10.9. The molecule has 1 aromatic rings. The van der Waals surface area contributed by atoms with Gasteiger partial charge in [0, 0.05) is 0 Å². The molecular formula is C7H8N6Si. The molecule has 0 aliphatic heterocycles. The molecule has 70 valence electrons. The van der Waals surface area contributed by atoms with E-state index in [1.54, 1.807) is 0 Å². The summed E-state index contributed by atoms with van der Waals surface area (Å²) < 4.78 is 7.09. The summed E-state index contributed by atoms with van der Waals surface area (Å²) in [6.07, 6.45) is 0. The van der Waals surface area contributed by atoms with E-state index in [1.807, 2.05) is 31.2 Å². The van der Waals surface area contributed by atoms with Crippen LogP contribution in [0.3, 0.4) is 0 Å². The molecule has 0 saturated heterocycles. The molecule has 0 N–H and O–H groups in total. The Balaban J connectivity index is 3.17. The smallest absolute Gasteiger partial charge is 0.116 e. The molecule has 0 aliphatic carbocycles. The molecule has 7 heteroatoms. The molecule has 0 heterocycles. The van der Waals surface area contributed by atoms with Gasteiger partial charge in [-0.1, -0.05) is 29.8 Å². The van der Waals surface area contributed by atoms with Crippen molar-refractivity contribution in [3.63, 3.8) is 0 Å². The van der Waals surface area contributed by atoms with Crippen LogP contribution in [0.2, 0.25) is 0 Å². The number of hydrogen-bond donors (Lipinski definition) is 0. The van der Waals surface area contributed by atoms with Gasteiger partial charge in [-0.15, -0.1) is 9.56 Å². The fraction of sp³-hybridized carbons (Fsp3) is 0.143. The highest BCUT2D eigenvalue weighted by atomic mass is 28.3. The standard InChI is InChI=1S/C7H8N6Si/c1-6-4-2-3-5-7(6)14(12-10-8)13-11-9/h2-5,14H,1H3. The first kappa shape index (κ1) is 10.1. The van der Waals surface area contributed by atoms with Crippen molar-refractivity contribution in [2.45, 2.75) is 6.92 Å². The summed E-state index contributed by atoms with van der Waals surface area (Å²) in [7, 11) is -2.21. The molecule has 0 atom stereocenters. The first-order valence-electron chi connectivity index (χ1n) is 3.93. The first-order chi connectivity index (χ1) is 6.79. The Hall–Kier alpha value is -1.94. The van der Waals surface area contributed by atoms with E-state index in [0.29, 0.717) is 0 Å². The summed E-state index contributed by atoms with van der Waals surface area (Å²) in [5.41, 5.74) is 17.6. The molecule has 1 rings (SSSR count). The monoisotopic (exact) mass is 204 g/mol. The molecule has 0 aliphatic rings. The number of nitrogens with zero attached hydrogens (tertiary/aromatic N) is 6. The summed E-state index contributed by atoms with van der Waals surface area (Å²) in [5, 5.41) is 0.864. The molecule has 1 aromatic carbocycles. The highest BCUT2D eigenvalue weighted by Gasteiger charge is 2.11. The molecule has 0 unspecified atom stereocenters. The zero-order chi connectivity index (χ0) is 10.4. The Morgan fingerprint density at radius 1 is 1.14 bits per heavy atom. The van der Waals surface area contributed by atoms with Gasteiger partial charge in [0.15, 0.2) is 0 Å². The lowest BCUT2D eigenvalue weighted by Crippen LogP contribution is -2.27. The lowest BCUT2D eigenvalue weighted by atomic mass is 10.2. The summed E-state index contributed by atoms with van der Waals surface area (Å²) in [5.74, 6) is 0. The van der Waals surface area contributed by atoms with E-state index in [0.717, 1.165) is 10.8 Å². The minimum absolute atomic E-state index is 0.864. The predicted octanol–water partition coefficient (Wildman–Crippen LogP) is 2.04. The third-order valence-corrected chi connectivity index (χ3v) is 3.64. The molecule has 14 heavy (non-hydrogen) atoms. The minimum atomic E-state index is -2.21. The van der Waals surface area contributed by atoms with E-state index in [2.05, 4.69) is 19.4 Å². The van der Waals surface area contributed by atoms with Gasteiger partial charge in [-0.05, 0) is 33.0 Å². The van der Waals surface area contributed by atoms with Crippen molar-refractivity contribution in [3.05, 3.63) is 50.7 Å². The molecule has 0 amide bonds. The topological polar surface area (TPSA) is 97.5 Å². The Bertz CT molecular complexity index is 400. The fourth-order valence-electron chi connectivity index (χ4n) is 1.12. The van der Waals surface area contributed by atoms with Crippen LogP contribution in [-0.2, 0) is 0 Å². The van der Waals surface area contributed by atoms with Crippen LogP contribution < -0.4 is 5.19 Å². The summed E-state index contributed by atoms with van der Waals surface area (Å²) in [6.45, 7) is 1.90. The van der Waals surface area contributed by atoms with E-state index in [9.17, 15) is 0 Å². The van der Waals surface area contributed by atoms with Crippen LogP contribution in [-0.4, -0.2) is 9.12 Å². The van der Waals surface area contributed by atoms with Gasteiger partial charge in [0.2, 0.25) is 0 Å². The minimum Gasteiger partial charge on any atom is -0.116 e. The van der Waals surface area contributed by atoms with Gasteiger partial charge in [-0.25, -0.2) is 0 Å². The predicted molar refractivity (Wildman–Crippen MR) is 56.3 cm³/mol. The Morgan fingerprint density at radius 3 is 2.21 bits per heavy atom. The van der Waals surface area contributed by atoms with Gasteiger partial charge in [0.05, 0.1) is 0 Å². The second kappa shape index (κ2) is 4.93. The van der Waals surface area contributed by atoms with Crippen LogP contribution in [0.4, 0.5) is 0 Å². The van der Waals surface area contributed by atoms with E-state index in [4.69, 9.17) is 11.1 Å². The van der Waals surface area contributed by atoms with Crippen molar-refractivity contribution in [1.82, 2.24) is 0 Å². The molecule has 0 bridgehead atoms. The molecule has 6 nitrogen and oxygen atoms in total. The average Bonchev–Trinajstić information content (AvgIpc) is 2.18. The molecule has 0 fully saturated rings. The van der Waals surface area contributed by atoms with Gasteiger partial charge < -0.3 is 0 Å². The summed E-state index contributed by atoms with van der Waals surface area (Å²) >= 11 is 0. The summed E-state index contributed by atoms with van der Waals surface area (Å²) in [6, 6.07) is 7.45. The highest BCUT2D eigenvalue weighted by molar-refractivity contribution is 6.70. The van der Waals surface area contributed by atoms with Gasteiger partial charge in [0.1, 0.15) is 0 Å². The zero-order valence-electron chi connectivity index (χ0n) is 7.57. The third kappa shape index (κ3) is 2.27. The lowest BCUT2D eigenvalue weighted by molar-refractivity contribution is 1.46. The fourth-order valence-corrected chi connectivity index (χ4v) is 2.40. The van der Waals surface area contributed by atoms with Crippen molar-refractivity contribution < 1.29 is 0 Å². The lowest BCUT2D eigenvalue weighted by Gasteiger charge is -2.05. The van der Waals surface area contributed by atoms with Gasteiger partial charge in [-0.2, -0.15) is 0 Å². The second-order valence-electron chi connectivity index (χ2n) is 2.64. The van der Waals surface area contributed by atoms with E-state index < -0.39 is 9.12 Å². The van der Waals surface area contributed by atoms with E-state index in [1.165, 1.54) is 0 Å². The van der Waals surface area contributed by atoms with Crippen LogP contribution in [0.5, 0.6) is 0 Å². The third-order valence-electron chi connectivity index (χ3n) is 1.79. The Labute approximate surface area is 82.2 Å². The number of hydrogen-bond acceptors (Lipinski definition) is 2. The Morgan fingerprint density at radius 2 is 1.71 bits per heavy atom. The van der Waals surface area contributed by atoms with Gasteiger partial charge in [-0.3, -0.25) is 0 Å². The second-order valence-corrected chi connectivity index (χ2v) is 4.47. The summed E-state index contributed by atoms with van der Waals surface area (Å²) in [4.78, 5) is 5.39. The average molecular weight is 204 g/mol. The van der Waals surface area contributed by atoms with E-state index >= 15 is 0 Å². The highest BCUT2D eigenvalue weighted by Crippen LogP contribution is 1.99. The van der Waals surface area contributed by atoms with Crippen molar-refractivity contribution in [2.24, 2.45) is 9.56 Å². The van der Waals surface area contributed by atoms with Gasteiger partial charge in [0.25, 0.3) is 9.12 Å². The maximum absolute atomic E-state index is 8.33. The van der Waals surface area contributed by atoms with Crippen LogP contribution in [0.1, 0.15) is 5.56 Å². The maximum atomic E-state index is 8.33. The van der Waals surface area contributed by atoms with Crippen LogP contribution in [0.15, 0.2) is 33.8 Å². The Kier molecular flexibility index (Phi) is 3.57. The largest absolute Gasteiger partial charge is 0.270 e.